The normalized spacial score (nSPS) is 9.88. The lowest BCUT2D eigenvalue weighted by atomic mass is 10.2. The maximum atomic E-state index is 12.7. The van der Waals surface area contributed by atoms with Crippen molar-refractivity contribution in [3.8, 4) is 0 Å². The number of hydrogen-bond donors (Lipinski definition) is 3. The first kappa shape index (κ1) is 12.3. The van der Waals surface area contributed by atoms with Crippen molar-refractivity contribution in [2.45, 2.75) is 13.3 Å². The summed E-state index contributed by atoms with van der Waals surface area (Å²) in [5, 5.41) is 5.66. The largest absolute Gasteiger partial charge is 0.397 e. The lowest BCUT2D eigenvalue weighted by molar-refractivity contribution is -0.120. The average Bonchev–Trinajstić information content (AvgIpc) is 2.22. The summed E-state index contributed by atoms with van der Waals surface area (Å²) in [6.45, 7) is 2.96. The van der Waals surface area contributed by atoms with E-state index in [0.717, 1.165) is 0 Å². The molecular formula is C11H16FN3O. The molecule has 1 amide bonds. The maximum Gasteiger partial charge on any atom is 0.221 e. The van der Waals surface area contributed by atoms with Gasteiger partial charge in [0.25, 0.3) is 0 Å². The molecule has 0 aliphatic rings. The van der Waals surface area contributed by atoms with Crippen LogP contribution in [-0.4, -0.2) is 19.0 Å². The Kier molecular flexibility index (Phi) is 4.57. The Morgan fingerprint density at radius 2 is 2.25 bits per heavy atom. The number of rotatable bonds is 5. The van der Waals surface area contributed by atoms with E-state index in [1.54, 1.807) is 6.07 Å². The number of nitrogens with one attached hydrogen (secondary N) is 2. The molecule has 88 valence electrons. The van der Waals surface area contributed by atoms with Gasteiger partial charge in [-0.3, -0.25) is 4.79 Å². The van der Waals surface area contributed by atoms with Crippen LogP contribution in [0.5, 0.6) is 0 Å². The third-order valence-electron chi connectivity index (χ3n) is 2.06. The smallest absolute Gasteiger partial charge is 0.221 e. The van der Waals surface area contributed by atoms with E-state index >= 15 is 0 Å². The molecule has 0 spiro atoms. The minimum atomic E-state index is -0.369. The van der Waals surface area contributed by atoms with Crippen LogP contribution in [0.4, 0.5) is 15.8 Å². The van der Waals surface area contributed by atoms with Crippen LogP contribution in [0.15, 0.2) is 18.2 Å². The minimum absolute atomic E-state index is 0.0179. The molecule has 1 rings (SSSR count). The molecule has 0 saturated heterocycles. The van der Waals surface area contributed by atoms with Crippen molar-refractivity contribution in [2.75, 3.05) is 24.1 Å². The van der Waals surface area contributed by atoms with Crippen molar-refractivity contribution in [1.82, 2.24) is 5.32 Å². The van der Waals surface area contributed by atoms with Crippen molar-refractivity contribution >= 4 is 17.3 Å². The highest BCUT2D eigenvalue weighted by molar-refractivity contribution is 5.76. The number of anilines is 2. The molecule has 0 unspecified atom stereocenters. The Labute approximate surface area is 94.0 Å². The summed E-state index contributed by atoms with van der Waals surface area (Å²) in [5.74, 6) is -0.387. The zero-order valence-electron chi connectivity index (χ0n) is 9.22. The summed E-state index contributed by atoms with van der Waals surface area (Å²) < 4.78 is 12.7. The summed E-state index contributed by atoms with van der Waals surface area (Å²) in [5.41, 5.74) is 6.58. The molecular weight excluding hydrogens is 209 g/mol. The molecule has 0 aromatic heterocycles. The zero-order valence-corrected chi connectivity index (χ0v) is 9.22. The van der Waals surface area contributed by atoms with Crippen molar-refractivity contribution in [3.63, 3.8) is 0 Å². The highest BCUT2D eigenvalue weighted by Gasteiger charge is 2.02. The predicted octanol–water partition coefficient (Wildman–Crippen LogP) is 1.35. The minimum Gasteiger partial charge on any atom is -0.397 e. The molecule has 1 aromatic rings. The average molecular weight is 225 g/mol. The molecule has 0 bridgehead atoms. The van der Waals surface area contributed by atoms with Gasteiger partial charge in [0.05, 0.1) is 11.4 Å². The van der Waals surface area contributed by atoms with Crippen molar-refractivity contribution in [1.29, 1.82) is 0 Å². The molecule has 0 aliphatic heterocycles. The molecule has 0 radical (unpaired) electrons. The first-order valence-electron chi connectivity index (χ1n) is 5.19. The number of carbonyl (C=O) groups is 1. The van der Waals surface area contributed by atoms with Gasteiger partial charge in [-0.1, -0.05) is 0 Å². The quantitative estimate of drug-likeness (QED) is 0.662. The fourth-order valence-corrected chi connectivity index (χ4v) is 1.29. The second-order valence-corrected chi connectivity index (χ2v) is 3.36. The Hall–Kier alpha value is -1.78. The third kappa shape index (κ3) is 3.76. The highest BCUT2D eigenvalue weighted by Crippen LogP contribution is 2.18. The third-order valence-corrected chi connectivity index (χ3v) is 2.06. The van der Waals surface area contributed by atoms with Gasteiger partial charge in [-0.25, -0.2) is 4.39 Å². The van der Waals surface area contributed by atoms with E-state index in [9.17, 15) is 9.18 Å². The van der Waals surface area contributed by atoms with Gasteiger partial charge in [0.1, 0.15) is 5.82 Å². The van der Waals surface area contributed by atoms with Gasteiger partial charge < -0.3 is 16.4 Å². The lowest BCUT2D eigenvalue weighted by Crippen LogP contribution is -2.24. The molecule has 5 heteroatoms. The van der Waals surface area contributed by atoms with Crippen LogP contribution >= 0.6 is 0 Å². The lowest BCUT2D eigenvalue weighted by Gasteiger charge is -2.08. The summed E-state index contributed by atoms with van der Waals surface area (Å²) in [6, 6.07) is 4.13. The van der Waals surface area contributed by atoms with E-state index in [1.807, 2.05) is 6.92 Å². The second-order valence-electron chi connectivity index (χ2n) is 3.36. The van der Waals surface area contributed by atoms with Gasteiger partial charge in [0, 0.05) is 19.5 Å². The molecule has 0 saturated carbocycles. The standard InChI is InChI=1S/C11H16FN3O/c1-2-14-11(16)5-6-15-10-4-3-8(12)7-9(10)13/h3-4,7,15H,2,5-6,13H2,1H3,(H,14,16). The van der Waals surface area contributed by atoms with E-state index < -0.39 is 0 Å². The number of amides is 1. The number of carbonyl (C=O) groups excluding carboxylic acids is 1. The summed E-state index contributed by atoms with van der Waals surface area (Å²) in [4.78, 5) is 11.1. The summed E-state index contributed by atoms with van der Waals surface area (Å²) >= 11 is 0. The van der Waals surface area contributed by atoms with Crippen LogP contribution in [0.2, 0.25) is 0 Å². The summed E-state index contributed by atoms with van der Waals surface area (Å²) in [7, 11) is 0. The van der Waals surface area contributed by atoms with E-state index in [1.165, 1.54) is 12.1 Å². The SMILES string of the molecule is CCNC(=O)CCNc1ccc(F)cc1N. The number of nitrogens with two attached hydrogens (primary N) is 1. The zero-order chi connectivity index (χ0) is 12.0. The van der Waals surface area contributed by atoms with Crippen LogP contribution in [0.25, 0.3) is 0 Å². The highest BCUT2D eigenvalue weighted by atomic mass is 19.1. The topological polar surface area (TPSA) is 67.2 Å². The van der Waals surface area contributed by atoms with Gasteiger partial charge in [-0.05, 0) is 25.1 Å². The first-order chi connectivity index (χ1) is 7.63. The van der Waals surface area contributed by atoms with Crippen LogP contribution in [0.3, 0.4) is 0 Å². The molecule has 4 nitrogen and oxygen atoms in total. The van der Waals surface area contributed by atoms with Gasteiger partial charge in [0.2, 0.25) is 5.91 Å². The van der Waals surface area contributed by atoms with Crippen molar-refractivity contribution in [3.05, 3.63) is 24.0 Å². The Morgan fingerprint density at radius 3 is 2.88 bits per heavy atom. The molecule has 16 heavy (non-hydrogen) atoms. The maximum absolute atomic E-state index is 12.7. The number of nitrogen functional groups attached to an aromatic ring is 1. The Balaban J connectivity index is 2.40. The molecule has 4 N–H and O–H groups in total. The number of hydrogen-bond acceptors (Lipinski definition) is 3. The van der Waals surface area contributed by atoms with Crippen LogP contribution in [0.1, 0.15) is 13.3 Å². The molecule has 0 atom stereocenters. The van der Waals surface area contributed by atoms with Crippen LogP contribution < -0.4 is 16.4 Å². The summed E-state index contributed by atoms with van der Waals surface area (Å²) in [6.07, 6.45) is 0.366. The molecule has 1 aromatic carbocycles. The van der Waals surface area contributed by atoms with Crippen LogP contribution in [-0.2, 0) is 4.79 Å². The Bertz CT molecular complexity index is 368. The van der Waals surface area contributed by atoms with Gasteiger partial charge in [-0.15, -0.1) is 0 Å². The van der Waals surface area contributed by atoms with Gasteiger partial charge in [0.15, 0.2) is 0 Å². The first-order valence-corrected chi connectivity index (χ1v) is 5.19. The second kappa shape index (κ2) is 5.95. The fourth-order valence-electron chi connectivity index (χ4n) is 1.29. The van der Waals surface area contributed by atoms with Crippen LogP contribution in [0, 0.1) is 5.82 Å². The predicted molar refractivity (Wildman–Crippen MR) is 62.6 cm³/mol. The Morgan fingerprint density at radius 1 is 1.50 bits per heavy atom. The molecule has 0 fully saturated rings. The van der Waals surface area contributed by atoms with E-state index in [4.69, 9.17) is 5.73 Å². The fraction of sp³-hybridized carbons (Fsp3) is 0.364. The molecule has 0 aliphatic carbocycles. The number of benzene rings is 1. The molecule has 0 heterocycles. The van der Waals surface area contributed by atoms with Crippen molar-refractivity contribution < 1.29 is 9.18 Å². The van der Waals surface area contributed by atoms with Gasteiger partial charge in [-0.2, -0.15) is 0 Å². The number of halogens is 1. The van der Waals surface area contributed by atoms with Gasteiger partial charge >= 0.3 is 0 Å². The van der Waals surface area contributed by atoms with E-state index in [2.05, 4.69) is 10.6 Å². The van der Waals surface area contributed by atoms with E-state index in [-0.39, 0.29) is 11.7 Å². The monoisotopic (exact) mass is 225 g/mol. The van der Waals surface area contributed by atoms with Crippen molar-refractivity contribution in [2.24, 2.45) is 0 Å². The van der Waals surface area contributed by atoms with E-state index in [0.29, 0.717) is 30.9 Å².